The maximum atomic E-state index is 12.7. The molecule has 0 unspecified atom stereocenters. The van der Waals surface area contributed by atoms with Crippen LogP contribution in [-0.4, -0.2) is 53.1 Å². The van der Waals surface area contributed by atoms with E-state index in [-0.39, 0.29) is 17.7 Å². The highest BCUT2D eigenvalue weighted by Crippen LogP contribution is 2.30. The van der Waals surface area contributed by atoms with E-state index in [1.165, 1.54) is 17.0 Å². The van der Waals surface area contributed by atoms with E-state index in [1.54, 1.807) is 14.2 Å². The van der Waals surface area contributed by atoms with E-state index in [1.807, 2.05) is 36.4 Å². The van der Waals surface area contributed by atoms with Crippen molar-refractivity contribution in [1.82, 2.24) is 9.80 Å². The van der Waals surface area contributed by atoms with Crippen LogP contribution >= 0.6 is 0 Å². The van der Waals surface area contributed by atoms with Crippen molar-refractivity contribution in [2.75, 3.05) is 20.7 Å². The molecule has 3 amide bonds. The number of imide groups is 1. The molecule has 0 saturated carbocycles. The number of carbonyl (C=O) groups excluding carboxylic acids is 3. The smallest absolute Gasteiger partial charge is 0.282 e. The SMILES string of the molecule is COc1ccc2cc(CN(C)C(=O)CN3C(=O)c4cccc([N+](=O)[O-])c4C3=O)ccc2c1. The summed E-state index contributed by atoms with van der Waals surface area (Å²) in [7, 11) is 3.17. The first-order valence-corrected chi connectivity index (χ1v) is 9.74. The van der Waals surface area contributed by atoms with Gasteiger partial charge in [-0.2, -0.15) is 0 Å². The third kappa shape index (κ3) is 3.64. The summed E-state index contributed by atoms with van der Waals surface area (Å²) in [5.74, 6) is -1.26. The number of nitro groups is 1. The monoisotopic (exact) mass is 433 g/mol. The van der Waals surface area contributed by atoms with Crippen molar-refractivity contribution in [2.45, 2.75) is 6.54 Å². The van der Waals surface area contributed by atoms with Gasteiger partial charge >= 0.3 is 0 Å². The molecule has 1 heterocycles. The average molecular weight is 433 g/mol. The summed E-state index contributed by atoms with van der Waals surface area (Å²) in [6.07, 6.45) is 0. The molecule has 0 atom stereocenters. The summed E-state index contributed by atoms with van der Waals surface area (Å²) in [4.78, 5) is 50.7. The lowest BCUT2D eigenvalue weighted by Gasteiger charge is -2.21. The maximum absolute atomic E-state index is 12.7. The van der Waals surface area contributed by atoms with E-state index in [4.69, 9.17) is 4.74 Å². The molecule has 0 radical (unpaired) electrons. The molecule has 3 aromatic carbocycles. The minimum atomic E-state index is -0.835. The van der Waals surface area contributed by atoms with Gasteiger partial charge in [-0.1, -0.05) is 24.3 Å². The molecule has 0 N–H and O–H groups in total. The van der Waals surface area contributed by atoms with Crippen molar-refractivity contribution >= 4 is 34.2 Å². The molecule has 162 valence electrons. The first-order valence-electron chi connectivity index (χ1n) is 9.74. The Morgan fingerprint density at radius 3 is 2.50 bits per heavy atom. The highest BCUT2D eigenvalue weighted by atomic mass is 16.6. The molecule has 9 nitrogen and oxygen atoms in total. The number of amides is 3. The van der Waals surface area contributed by atoms with Crippen LogP contribution in [0.2, 0.25) is 0 Å². The van der Waals surface area contributed by atoms with Crippen molar-refractivity contribution < 1.29 is 24.0 Å². The van der Waals surface area contributed by atoms with Crippen LogP contribution in [0.1, 0.15) is 26.3 Å². The predicted molar refractivity (Wildman–Crippen MR) is 115 cm³/mol. The Morgan fingerprint density at radius 2 is 1.78 bits per heavy atom. The number of ether oxygens (including phenoxy) is 1. The lowest BCUT2D eigenvalue weighted by molar-refractivity contribution is -0.385. The van der Waals surface area contributed by atoms with Gasteiger partial charge in [0.05, 0.1) is 17.6 Å². The highest BCUT2D eigenvalue weighted by Gasteiger charge is 2.41. The molecule has 0 aliphatic carbocycles. The average Bonchev–Trinajstić information content (AvgIpc) is 3.03. The molecule has 1 aliphatic heterocycles. The van der Waals surface area contributed by atoms with Gasteiger partial charge in [-0.05, 0) is 40.6 Å². The Bertz CT molecular complexity index is 1290. The van der Waals surface area contributed by atoms with Gasteiger partial charge in [0.2, 0.25) is 5.91 Å². The van der Waals surface area contributed by atoms with E-state index in [0.717, 1.165) is 33.1 Å². The summed E-state index contributed by atoms with van der Waals surface area (Å²) in [6.45, 7) is -0.227. The molecule has 9 heteroatoms. The number of methoxy groups -OCH3 is 1. The standard InChI is InChI=1S/C23H19N3O6/c1-24(12-14-6-7-16-11-17(32-2)9-8-15(16)10-14)20(27)13-25-22(28)18-4-3-5-19(26(30)31)21(18)23(25)29/h3-11H,12-13H2,1-2H3. The fourth-order valence-corrected chi connectivity index (χ4v) is 3.73. The fraction of sp³-hybridized carbons (Fsp3) is 0.174. The molecule has 0 saturated heterocycles. The molecular formula is C23H19N3O6. The molecule has 4 rings (SSSR count). The Morgan fingerprint density at radius 1 is 1.06 bits per heavy atom. The van der Waals surface area contributed by atoms with Gasteiger partial charge in [-0.3, -0.25) is 29.4 Å². The van der Waals surface area contributed by atoms with Crippen LogP contribution in [0.5, 0.6) is 5.75 Å². The van der Waals surface area contributed by atoms with Gasteiger partial charge in [0.1, 0.15) is 17.9 Å². The van der Waals surface area contributed by atoms with Crippen molar-refractivity contribution in [2.24, 2.45) is 0 Å². The number of benzene rings is 3. The van der Waals surface area contributed by atoms with Crippen molar-refractivity contribution in [3.05, 3.63) is 81.4 Å². The van der Waals surface area contributed by atoms with E-state index in [2.05, 4.69) is 0 Å². The van der Waals surface area contributed by atoms with Gasteiger partial charge in [-0.25, -0.2) is 0 Å². The van der Waals surface area contributed by atoms with Crippen LogP contribution in [0, 0.1) is 10.1 Å². The number of carbonyl (C=O) groups is 3. The molecule has 0 bridgehead atoms. The summed E-state index contributed by atoms with van der Waals surface area (Å²) >= 11 is 0. The van der Waals surface area contributed by atoms with Crippen molar-refractivity contribution in [3.63, 3.8) is 0 Å². The van der Waals surface area contributed by atoms with Gasteiger partial charge < -0.3 is 9.64 Å². The molecule has 1 aliphatic rings. The highest BCUT2D eigenvalue weighted by molar-refractivity contribution is 6.24. The van der Waals surface area contributed by atoms with Gasteiger partial charge in [0.15, 0.2) is 0 Å². The topological polar surface area (TPSA) is 110 Å². The zero-order valence-corrected chi connectivity index (χ0v) is 17.4. The van der Waals surface area contributed by atoms with Gasteiger partial charge in [-0.15, -0.1) is 0 Å². The third-order valence-electron chi connectivity index (χ3n) is 5.42. The maximum Gasteiger partial charge on any atom is 0.282 e. The normalized spacial score (nSPS) is 12.8. The Kier molecular flexibility index (Phi) is 5.31. The minimum absolute atomic E-state index is 0.0652. The number of nitrogens with zero attached hydrogens (tertiary/aromatic N) is 3. The Balaban J connectivity index is 1.49. The van der Waals surface area contributed by atoms with Crippen LogP contribution in [-0.2, 0) is 11.3 Å². The van der Waals surface area contributed by atoms with Gasteiger partial charge in [0, 0.05) is 19.7 Å². The molecule has 32 heavy (non-hydrogen) atoms. The lowest BCUT2D eigenvalue weighted by Crippen LogP contribution is -2.41. The second-order valence-electron chi connectivity index (χ2n) is 7.45. The molecule has 0 spiro atoms. The molecular weight excluding hydrogens is 414 g/mol. The number of rotatable bonds is 6. The number of hydrogen-bond donors (Lipinski definition) is 0. The Labute approximate surface area is 182 Å². The predicted octanol–water partition coefficient (Wildman–Crippen LogP) is 3.01. The van der Waals surface area contributed by atoms with Crippen LogP contribution < -0.4 is 4.74 Å². The van der Waals surface area contributed by atoms with Crippen LogP contribution in [0.15, 0.2) is 54.6 Å². The second kappa shape index (κ2) is 8.10. The number of hydrogen-bond acceptors (Lipinski definition) is 6. The van der Waals surface area contributed by atoms with Gasteiger partial charge in [0.25, 0.3) is 17.5 Å². The zero-order chi connectivity index (χ0) is 23.0. The summed E-state index contributed by atoms with van der Waals surface area (Å²) < 4.78 is 5.22. The molecule has 0 fully saturated rings. The van der Waals surface area contributed by atoms with Crippen molar-refractivity contribution in [1.29, 1.82) is 0 Å². The third-order valence-corrected chi connectivity index (χ3v) is 5.42. The van der Waals surface area contributed by atoms with E-state index in [9.17, 15) is 24.5 Å². The van der Waals surface area contributed by atoms with Crippen molar-refractivity contribution in [3.8, 4) is 5.75 Å². The molecule has 0 aromatic heterocycles. The number of likely N-dealkylation sites (N-methyl/N-ethyl adjacent to an activating group) is 1. The second-order valence-corrected chi connectivity index (χ2v) is 7.45. The number of fused-ring (bicyclic) bond motifs is 2. The Hall–Kier alpha value is -4.27. The van der Waals surface area contributed by atoms with E-state index >= 15 is 0 Å². The lowest BCUT2D eigenvalue weighted by atomic mass is 10.1. The van der Waals surface area contributed by atoms with E-state index in [0.29, 0.717) is 0 Å². The largest absolute Gasteiger partial charge is 0.497 e. The summed E-state index contributed by atoms with van der Waals surface area (Å²) in [5, 5.41) is 13.2. The summed E-state index contributed by atoms with van der Waals surface area (Å²) in [6, 6.07) is 15.3. The first-order chi connectivity index (χ1) is 15.3. The first kappa shape index (κ1) is 21.0. The van der Waals surface area contributed by atoms with Crippen LogP contribution in [0.3, 0.4) is 0 Å². The number of nitro benzene ring substituents is 1. The quantitative estimate of drug-likeness (QED) is 0.336. The molecule has 3 aromatic rings. The van der Waals surface area contributed by atoms with Crippen LogP contribution in [0.4, 0.5) is 5.69 Å². The fourth-order valence-electron chi connectivity index (χ4n) is 3.73. The summed E-state index contributed by atoms with van der Waals surface area (Å²) in [5.41, 5.74) is 0.0842. The zero-order valence-electron chi connectivity index (χ0n) is 17.4. The minimum Gasteiger partial charge on any atom is -0.497 e. The van der Waals surface area contributed by atoms with E-state index < -0.39 is 34.9 Å². The van der Waals surface area contributed by atoms with Crippen LogP contribution in [0.25, 0.3) is 10.8 Å².